The molecule has 0 spiro atoms. The van der Waals surface area contributed by atoms with Crippen molar-refractivity contribution in [1.82, 2.24) is 19.1 Å². The smallest absolute Gasteiger partial charge is 0.244 e. The third kappa shape index (κ3) is 5.05. The number of hydrogen-bond donors (Lipinski definition) is 1. The van der Waals surface area contributed by atoms with Crippen LogP contribution in [0.1, 0.15) is 38.1 Å². The SMILES string of the molecule is CN(C)S(=O)(=O)c1cc(NC(=O)CSc2nnc(N3CCCCC3)n2C2CC2)ccc1Cl. The van der Waals surface area contributed by atoms with Crippen LogP contribution in [0, 0.1) is 0 Å². The predicted octanol–water partition coefficient (Wildman–Crippen LogP) is 3.24. The summed E-state index contributed by atoms with van der Waals surface area (Å²) in [6.07, 6.45) is 5.78. The summed E-state index contributed by atoms with van der Waals surface area (Å²) < 4.78 is 28.1. The number of sulfonamides is 1. The first-order chi connectivity index (χ1) is 15.3. The third-order valence-corrected chi connectivity index (χ3v) is 8.74. The van der Waals surface area contributed by atoms with Crippen LogP contribution < -0.4 is 10.2 Å². The van der Waals surface area contributed by atoms with Gasteiger partial charge in [0, 0.05) is 38.9 Å². The normalized spacial score (nSPS) is 17.1. The van der Waals surface area contributed by atoms with Crippen molar-refractivity contribution < 1.29 is 13.2 Å². The number of piperidine rings is 1. The van der Waals surface area contributed by atoms with E-state index >= 15 is 0 Å². The van der Waals surface area contributed by atoms with Crippen molar-refractivity contribution in [3.63, 3.8) is 0 Å². The Morgan fingerprint density at radius 2 is 1.94 bits per heavy atom. The molecule has 1 saturated heterocycles. The van der Waals surface area contributed by atoms with E-state index in [1.807, 2.05) is 0 Å². The predicted molar refractivity (Wildman–Crippen MR) is 126 cm³/mol. The molecule has 0 bridgehead atoms. The summed E-state index contributed by atoms with van der Waals surface area (Å²) in [4.78, 5) is 14.8. The number of benzene rings is 1. The van der Waals surface area contributed by atoms with Gasteiger partial charge in [0.25, 0.3) is 0 Å². The van der Waals surface area contributed by atoms with Crippen molar-refractivity contribution in [3.8, 4) is 0 Å². The van der Waals surface area contributed by atoms with Crippen molar-refractivity contribution in [2.45, 2.75) is 48.2 Å². The Morgan fingerprint density at radius 3 is 2.59 bits per heavy atom. The Labute approximate surface area is 197 Å². The highest BCUT2D eigenvalue weighted by molar-refractivity contribution is 7.99. The third-order valence-electron chi connectivity index (χ3n) is 5.50. The number of aromatic nitrogens is 3. The highest BCUT2D eigenvalue weighted by Crippen LogP contribution is 2.41. The fraction of sp³-hybridized carbons (Fsp3) is 0.550. The van der Waals surface area contributed by atoms with Crippen LogP contribution in [-0.2, 0) is 14.8 Å². The molecule has 12 heteroatoms. The topological polar surface area (TPSA) is 100 Å². The van der Waals surface area contributed by atoms with Crippen LogP contribution in [0.2, 0.25) is 5.02 Å². The number of halogens is 1. The molecule has 1 N–H and O–H groups in total. The van der Waals surface area contributed by atoms with E-state index in [4.69, 9.17) is 11.6 Å². The Hall–Kier alpha value is -1.82. The van der Waals surface area contributed by atoms with Crippen LogP contribution in [0.4, 0.5) is 11.6 Å². The van der Waals surface area contributed by atoms with Gasteiger partial charge in [0.2, 0.25) is 21.9 Å². The Kier molecular flexibility index (Phi) is 6.99. The van der Waals surface area contributed by atoms with E-state index < -0.39 is 10.0 Å². The van der Waals surface area contributed by atoms with Crippen LogP contribution >= 0.6 is 23.4 Å². The highest BCUT2D eigenvalue weighted by atomic mass is 35.5. The first-order valence-corrected chi connectivity index (χ1v) is 13.4. The maximum absolute atomic E-state index is 12.6. The van der Waals surface area contributed by atoms with E-state index in [0.29, 0.717) is 11.7 Å². The van der Waals surface area contributed by atoms with Gasteiger partial charge in [0.15, 0.2) is 5.16 Å². The standard InChI is InChI=1S/C20H27ClN6O3S2/c1-25(2)32(29,30)17-12-14(6-9-16(17)21)22-18(28)13-31-20-24-23-19(27(20)15-7-8-15)26-10-4-3-5-11-26/h6,9,12,15H,3-5,7-8,10-11,13H2,1-2H3,(H,22,28). The van der Waals surface area contributed by atoms with Crippen LogP contribution in [0.3, 0.4) is 0 Å². The van der Waals surface area contributed by atoms with Crippen molar-refractivity contribution in [2.75, 3.05) is 43.2 Å². The maximum atomic E-state index is 12.6. The first kappa shape index (κ1) is 23.3. The number of hydrogen-bond acceptors (Lipinski definition) is 7. The molecular formula is C20H27ClN6O3S2. The molecule has 9 nitrogen and oxygen atoms in total. The van der Waals surface area contributed by atoms with Crippen molar-refractivity contribution in [3.05, 3.63) is 23.2 Å². The molecule has 1 aromatic carbocycles. The van der Waals surface area contributed by atoms with Gasteiger partial charge in [0.1, 0.15) is 4.90 Å². The Bertz CT molecular complexity index is 1090. The first-order valence-electron chi connectivity index (χ1n) is 10.6. The molecule has 0 unspecified atom stereocenters. The number of carbonyl (C=O) groups excluding carboxylic acids is 1. The van der Waals surface area contributed by atoms with Gasteiger partial charge in [0.05, 0.1) is 10.8 Å². The average molecular weight is 499 g/mol. The quantitative estimate of drug-likeness (QED) is 0.557. The molecule has 2 fully saturated rings. The highest BCUT2D eigenvalue weighted by Gasteiger charge is 2.32. The molecule has 2 aliphatic rings. The molecule has 32 heavy (non-hydrogen) atoms. The molecule has 1 aliphatic heterocycles. The number of nitrogens with one attached hydrogen (secondary N) is 1. The van der Waals surface area contributed by atoms with Crippen LogP contribution in [0.5, 0.6) is 0 Å². The summed E-state index contributed by atoms with van der Waals surface area (Å²) >= 11 is 7.42. The van der Waals surface area contributed by atoms with Gasteiger partial charge in [-0.05, 0) is 50.3 Å². The lowest BCUT2D eigenvalue weighted by Gasteiger charge is -2.27. The largest absolute Gasteiger partial charge is 0.341 e. The number of nitrogens with zero attached hydrogens (tertiary/aromatic N) is 5. The Morgan fingerprint density at radius 1 is 1.22 bits per heavy atom. The molecule has 4 rings (SSSR count). The van der Waals surface area contributed by atoms with E-state index in [1.165, 1.54) is 44.4 Å². The minimum absolute atomic E-state index is 0.0470. The monoisotopic (exact) mass is 498 g/mol. The number of amides is 1. The second-order valence-corrected chi connectivity index (χ2v) is 11.7. The van der Waals surface area contributed by atoms with Gasteiger partial charge >= 0.3 is 0 Å². The van der Waals surface area contributed by atoms with E-state index in [9.17, 15) is 13.2 Å². The molecule has 2 heterocycles. The molecule has 1 amide bonds. The number of thioether (sulfide) groups is 1. The van der Waals surface area contributed by atoms with Gasteiger partial charge in [-0.15, -0.1) is 10.2 Å². The van der Waals surface area contributed by atoms with Crippen molar-refractivity contribution >= 4 is 50.9 Å². The zero-order valence-corrected chi connectivity index (χ0v) is 20.5. The van der Waals surface area contributed by atoms with Gasteiger partial charge < -0.3 is 10.2 Å². The molecule has 2 aromatic rings. The molecule has 1 saturated carbocycles. The Balaban J connectivity index is 1.43. The van der Waals surface area contributed by atoms with E-state index in [0.717, 1.165) is 54.2 Å². The lowest BCUT2D eigenvalue weighted by Crippen LogP contribution is -2.32. The van der Waals surface area contributed by atoms with E-state index in [2.05, 4.69) is 25.0 Å². The molecular weight excluding hydrogens is 472 g/mol. The minimum atomic E-state index is -3.72. The molecule has 0 atom stereocenters. The molecule has 1 aliphatic carbocycles. The lowest BCUT2D eigenvalue weighted by atomic mass is 10.1. The minimum Gasteiger partial charge on any atom is -0.341 e. The summed E-state index contributed by atoms with van der Waals surface area (Å²) in [5.41, 5.74) is 0.373. The molecule has 1 aromatic heterocycles. The van der Waals surface area contributed by atoms with E-state index in [-0.39, 0.29) is 21.6 Å². The summed E-state index contributed by atoms with van der Waals surface area (Å²) in [7, 11) is -0.854. The number of carbonyl (C=O) groups is 1. The van der Waals surface area contributed by atoms with Gasteiger partial charge in [-0.3, -0.25) is 9.36 Å². The summed E-state index contributed by atoms with van der Waals surface area (Å²) in [6.45, 7) is 1.98. The second kappa shape index (κ2) is 9.58. The fourth-order valence-corrected chi connectivity index (χ4v) is 5.83. The van der Waals surface area contributed by atoms with Crippen LogP contribution in [0.25, 0.3) is 0 Å². The van der Waals surface area contributed by atoms with E-state index in [1.54, 1.807) is 6.07 Å². The van der Waals surface area contributed by atoms with Crippen molar-refractivity contribution in [2.24, 2.45) is 0 Å². The van der Waals surface area contributed by atoms with Crippen LogP contribution in [0.15, 0.2) is 28.3 Å². The lowest BCUT2D eigenvalue weighted by molar-refractivity contribution is -0.113. The average Bonchev–Trinajstić information content (AvgIpc) is 3.52. The second-order valence-electron chi connectivity index (χ2n) is 8.20. The summed E-state index contributed by atoms with van der Waals surface area (Å²) in [5, 5.41) is 12.4. The van der Waals surface area contributed by atoms with Gasteiger partial charge in [-0.1, -0.05) is 23.4 Å². The summed E-state index contributed by atoms with van der Waals surface area (Å²) in [6, 6.07) is 4.83. The van der Waals surface area contributed by atoms with Gasteiger partial charge in [-0.25, -0.2) is 12.7 Å². The molecule has 174 valence electrons. The maximum Gasteiger partial charge on any atom is 0.244 e. The number of anilines is 2. The van der Waals surface area contributed by atoms with Crippen LogP contribution in [-0.4, -0.2) is 66.3 Å². The zero-order valence-electron chi connectivity index (χ0n) is 18.1. The fourth-order valence-electron chi connectivity index (χ4n) is 3.63. The summed E-state index contributed by atoms with van der Waals surface area (Å²) in [5.74, 6) is 0.796. The zero-order chi connectivity index (χ0) is 22.9. The number of rotatable bonds is 8. The van der Waals surface area contributed by atoms with Crippen molar-refractivity contribution in [1.29, 1.82) is 0 Å². The van der Waals surface area contributed by atoms with Gasteiger partial charge in [-0.2, -0.15) is 0 Å². The molecule has 0 radical (unpaired) electrons.